The molecule has 2 aliphatic rings. The highest BCUT2D eigenvalue weighted by atomic mass is 32.1. The Balaban J connectivity index is 1.49. The van der Waals surface area contributed by atoms with Crippen molar-refractivity contribution >= 4 is 28.8 Å². The Labute approximate surface area is 189 Å². The number of thiophene rings is 1. The van der Waals surface area contributed by atoms with Gasteiger partial charge in [0.15, 0.2) is 0 Å². The number of aliphatic hydroxyl groups excluding tert-OH is 1. The van der Waals surface area contributed by atoms with E-state index in [2.05, 4.69) is 4.98 Å². The van der Waals surface area contributed by atoms with E-state index in [-0.39, 0.29) is 17.4 Å². The number of rotatable bonds is 6. The number of ketones is 1. The van der Waals surface area contributed by atoms with Crippen LogP contribution in [0.5, 0.6) is 5.75 Å². The van der Waals surface area contributed by atoms with Gasteiger partial charge in [0.05, 0.1) is 17.9 Å². The maximum absolute atomic E-state index is 13.1. The number of fused-ring (bicyclic) bond motifs is 1. The summed E-state index contributed by atoms with van der Waals surface area (Å²) in [5.41, 5.74) is 1.66. The number of nitrogens with zero attached hydrogens (tertiary/aromatic N) is 3. The van der Waals surface area contributed by atoms with Crippen molar-refractivity contribution in [3.63, 3.8) is 0 Å². The third-order valence-electron chi connectivity index (χ3n) is 5.90. The highest BCUT2D eigenvalue weighted by molar-refractivity contribution is 7.10. The van der Waals surface area contributed by atoms with Crippen LogP contribution < -0.4 is 4.74 Å². The van der Waals surface area contributed by atoms with Crippen LogP contribution in [0.1, 0.15) is 35.4 Å². The molecular formula is C24H23N3O4S. The van der Waals surface area contributed by atoms with Gasteiger partial charge in [-0.3, -0.25) is 9.59 Å². The summed E-state index contributed by atoms with van der Waals surface area (Å²) < 4.78 is 7.68. The topological polar surface area (TPSA) is 84.7 Å². The predicted octanol–water partition coefficient (Wildman–Crippen LogP) is 3.78. The first-order valence-corrected chi connectivity index (χ1v) is 11.5. The number of hydrogen-bond acceptors (Lipinski definition) is 6. The molecule has 2 unspecified atom stereocenters. The first-order valence-electron chi connectivity index (χ1n) is 10.6. The van der Waals surface area contributed by atoms with Crippen LogP contribution in [0.2, 0.25) is 0 Å². The van der Waals surface area contributed by atoms with Gasteiger partial charge < -0.3 is 19.3 Å². The molecule has 0 spiro atoms. The molecule has 4 heterocycles. The number of Topliss-reactive ketones (excluding diaryl/α,β-unsaturated/α-hetero) is 1. The third-order valence-corrected chi connectivity index (χ3v) is 6.82. The molecular weight excluding hydrogens is 426 g/mol. The van der Waals surface area contributed by atoms with E-state index in [1.807, 2.05) is 47.3 Å². The zero-order chi connectivity index (χ0) is 22.2. The SMILES string of the molecule is CC1Cc2cc(/C(O)=C3/C(=O)C(=O)N(CCCn4ccnc4)C3c3cccs3)ccc2O1. The smallest absolute Gasteiger partial charge is 0.295 e. The molecule has 1 saturated heterocycles. The first kappa shape index (κ1) is 20.5. The lowest BCUT2D eigenvalue weighted by atomic mass is 9.98. The van der Waals surface area contributed by atoms with Crippen LogP contribution in [0.3, 0.4) is 0 Å². The van der Waals surface area contributed by atoms with Crippen LogP contribution in [0.15, 0.2) is 60.0 Å². The molecule has 1 N–H and O–H groups in total. The van der Waals surface area contributed by atoms with Gasteiger partial charge in [-0.1, -0.05) is 6.07 Å². The van der Waals surface area contributed by atoms with E-state index in [1.165, 1.54) is 11.3 Å². The highest BCUT2D eigenvalue weighted by Gasteiger charge is 2.46. The molecule has 3 aromatic rings. The van der Waals surface area contributed by atoms with Crippen LogP contribution in [-0.4, -0.2) is 43.9 Å². The van der Waals surface area contributed by atoms with E-state index < -0.39 is 17.7 Å². The Hall–Kier alpha value is -3.39. The quantitative estimate of drug-likeness (QED) is 0.352. The molecule has 7 nitrogen and oxygen atoms in total. The Morgan fingerprint density at radius 1 is 1.28 bits per heavy atom. The summed E-state index contributed by atoms with van der Waals surface area (Å²) in [7, 11) is 0. The molecule has 32 heavy (non-hydrogen) atoms. The standard InChI is InChI=1S/C24H23N3O4S/c1-15-12-17-13-16(5-6-18(17)31-15)22(28)20-21(19-4-2-11-32-19)27(24(30)23(20)29)9-3-8-26-10-7-25-14-26/h2,4-7,10-11,13-15,21,28H,3,8-9,12H2,1H3/b22-20-. The number of amides is 1. The summed E-state index contributed by atoms with van der Waals surface area (Å²) >= 11 is 1.47. The second-order valence-corrected chi connectivity index (χ2v) is 9.10. The largest absolute Gasteiger partial charge is 0.507 e. The van der Waals surface area contributed by atoms with Gasteiger partial charge in [-0.05, 0) is 48.6 Å². The van der Waals surface area contributed by atoms with Gasteiger partial charge in [0, 0.05) is 42.3 Å². The summed E-state index contributed by atoms with van der Waals surface area (Å²) in [6, 6.07) is 8.60. The first-order chi connectivity index (χ1) is 15.5. The lowest BCUT2D eigenvalue weighted by Crippen LogP contribution is -2.31. The van der Waals surface area contributed by atoms with Crippen molar-refractivity contribution in [3.8, 4) is 5.75 Å². The molecule has 0 saturated carbocycles. The fourth-order valence-corrected chi connectivity index (χ4v) is 5.27. The fraction of sp³-hybridized carbons (Fsp3) is 0.292. The van der Waals surface area contributed by atoms with Gasteiger partial charge >= 0.3 is 0 Å². The van der Waals surface area contributed by atoms with Gasteiger partial charge in [-0.25, -0.2) is 4.98 Å². The number of likely N-dealkylation sites (tertiary alicyclic amines) is 1. The van der Waals surface area contributed by atoms with Crippen LogP contribution in [0.4, 0.5) is 0 Å². The van der Waals surface area contributed by atoms with Crippen molar-refractivity contribution < 1.29 is 19.4 Å². The van der Waals surface area contributed by atoms with E-state index >= 15 is 0 Å². The van der Waals surface area contributed by atoms with Gasteiger partial charge in [0.25, 0.3) is 11.7 Å². The Bertz CT molecular complexity index is 1180. The molecule has 1 aromatic carbocycles. The van der Waals surface area contributed by atoms with Crippen LogP contribution in [-0.2, 0) is 22.6 Å². The summed E-state index contributed by atoms with van der Waals surface area (Å²) in [5, 5.41) is 13.1. The van der Waals surface area contributed by atoms with Crippen molar-refractivity contribution in [1.29, 1.82) is 0 Å². The number of aromatic nitrogens is 2. The number of aryl methyl sites for hydroxylation is 1. The number of benzene rings is 1. The number of carbonyl (C=O) groups excluding carboxylic acids is 2. The number of hydrogen-bond donors (Lipinski definition) is 1. The Morgan fingerprint density at radius 2 is 2.16 bits per heavy atom. The molecule has 1 amide bonds. The number of imidazole rings is 1. The number of carbonyl (C=O) groups is 2. The highest BCUT2D eigenvalue weighted by Crippen LogP contribution is 2.42. The average Bonchev–Trinajstić information content (AvgIpc) is 3.57. The third kappa shape index (κ3) is 3.60. The van der Waals surface area contributed by atoms with E-state index in [1.54, 1.807) is 23.5 Å². The van der Waals surface area contributed by atoms with Crippen molar-refractivity contribution in [2.75, 3.05) is 6.54 Å². The average molecular weight is 450 g/mol. The maximum atomic E-state index is 13.1. The van der Waals surface area contributed by atoms with Crippen molar-refractivity contribution in [2.24, 2.45) is 0 Å². The van der Waals surface area contributed by atoms with Crippen molar-refractivity contribution in [2.45, 2.75) is 38.5 Å². The second kappa shape index (κ2) is 8.27. The zero-order valence-electron chi connectivity index (χ0n) is 17.6. The van der Waals surface area contributed by atoms with Gasteiger partial charge in [-0.2, -0.15) is 0 Å². The van der Waals surface area contributed by atoms with Crippen molar-refractivity contribution in [1.82, 2.24) is 14.5 Å². The number of aliphatic hydroxyl groups is 1. The van der Waals surface area contributed by atoms with Crippen LogP contribution in [0, 0.1) is 0 Å². The van der Waals surface area contributed by atoms with E-state index in [0.29, 0.717) is 25.1 Å². The minimum Gasteiger partial charge on any atom is -0.507 e. The van der Waals surface area contributed by atoms with E-state index in [0.717, 1.165) is 22.6 Å². The second-order valence-electron chi connectivity index (χ2n) is 8.12. The lowest BCUT2D eigenvalue weighted by molar-refractivity contribution is -0.139. The molecule has 0 bridgehead atoms. The Kier molecular flexibility index (Phi) is 5.30. The molecule has 2 aromatic heterocycles. The molecule has 5 rings (SSSR count). The summed E-state index contributed by atoms with van der Waals surface area (Å²) in [4.78, 5) is 32.5. The maximum Gasteiger partial charge on any atom is 0.295 e. The fourth-order valence-electron chi connectivity index (χ4n) is 4.42. The normalized spacial score (nSPS) is 21.7. The molecule has 2 atom stereocenters. The minimum absolute atomic E-state index is 0.0783. The van der Waals surface area contributed by atoms with Crippen molar-refractivity contribution in [3.05, 3.63) is 76.0 Å². The molecule has 1 fully saturated rings. The molecule has 0 radical (unpaired) electrons. The van der Waals surface area contributed by atoms with E-state index in [4.69, 9.17) is 4.74 Å². The van der Waals surface area contributed by atoms with E-state index in [9.17, 15) is 14.7 Å². The van der Waals surface area contributed by atoms with Gasteiger partial charge in [0.1, 0.15) is 17.6 Å². The van der Waals surface area contributed by atoms with Gasteiger partial charge in [0.2, 0.25) is 0 Å². The molecule has 2 aliphatic heterocycles. The monoisotopic (exact) mass is 449 g/mol. The zero-order valence-corrected chi connectivity index (χ0v) is 18.4. The summed E-state index contributed by atoms with van der Waals surface area (Å²) in [6.07, 6.45) is 6.79. The molecule has 164 valence electrons. The minimum atomic E-state index is -0.645. The predicted molar refractivity (Wildman–Crippen MR) is 120 cm³/mol. The summed E-state index contributed by atoms with van der Waals surface area (Å²) in [5.74, 6) is -0.563. The van der Waals surface area contributed by atoms with Crippen LogP contribution in [0.25, 0.3) is 5.76 Å². The molecule has 0 aliphatic carbocycles. The number of ether oxygens (including phenoxy) is 1. The van der Waals surface area contributed by atoms with Crippen LogP contribution >= 0.6 is 11.3 Å². The lowest BCUT2D eigenvalue weighted by Gasteiger charge is -2.24. The van der Waals surface area contributed by atoms with Gasteiger partial charge in [-0.15, -0.1) is 11.3 Å². The molecule has 8 heteroatoms. The summed E-state index contributed by atoms with van der Waals surface area (Å²) in [6.45, 7) is 3.08. The Morgan fingerprint density at radius 3 is 2.91 bits per heavy atom.